The Hall–Kier alpha value is -0.690. The van der Waals surface area contributed by atoms with Crippen molar-refractivity contribution in [1.82, 2.24) is 5.32 Å². The molecule has 0 aliphatic heterocycles. The van der Waals surface area contributed by atoms with Gasteiger partial charge in [-0.3, -0.25) is 4.79 Å². The van der Waals surface area contributed by atoms with Gasteiger partial charge >= 0.3 is 0 Å². The second-order valence-electron chi connectivity index (χ2n) is 3.59. The molecule has 0 saturated heterocycles. The summed E-state index contributed by atoms with van der Waals surface area (Å²) in [5, 5.41) is 3.02. The Bertz CT molecular complexity index is 190. The number of carbonyl (C=O) groups excluding carboxylic acids is 1. The van der Waals surface area contributed by atoms with Gasteiger partial charge in [0.1, 0.15) is 6.04 Å². The minimum atomic E-state index is -0.422. The van der Waals surface area contributed by atoms with Crippen molar-refractivity contribution in [3.8, 4) is 0 Å². The molecular formula is C11H24N2O4. The maximum absolute atomic E-state index is 11.0. The number of rotatable bonds is 12. The minimum Gasteiger partial charge on any atom is -0.382 e. The van der Waals surface area contributed by atoms with Gasteiger partial charge in [-0.15, -0.1) is 0 Å². The molecular weight excluding hydrogens is 224 g/mol. The molecule has 0 aliphatic rings. The van der Waals surface area contributed by atoms with Crippen LogP contribution in [0.5, 0.6) is 0 Å². The van der Waals surface area contributed by atoms with Crippen molar-refractivity contribution in [3.05, 3.63) is 0 Å². The van der Waals surface area contributed by atoms with Crippen molar-refractivity contribution in [3.63, 3.8) is 0 Å². The molecule has 0 aliphatic carbocycles. The number of primary amides is 1. The lowest BCUT2D eigenvalue weighted by atomic mass is 10.3. The lowest BCUT2D eigenvalue weighted by molar-refractivity contribution is -0.121. The summed E-state index contributed by atoms with van der Waals surface area (Å²) in [5.41, 5.74) is 5.23. The first-order valence-electron chi connectivity index (χ1n) is 5.89. The van der Waals surface area contributed by atoms with Crippen molar-refractivity contribution in [2.24, 2.45) is 5.73 Å². The largest absolute Gasteiger partial charge is 0.382 e. The second kappa shape index (κ2) is 11.8. The number of hydrogen-bond donors (Lipinski definition) is 2. The van der Waals surface area contributed by atoms with Crippen LogP contribution < -0.4 is 11.1 Å². The number of nitrogens with two attached hydrogens (primary N) is 1. The van der Waals surface area contributed by atoms with Crippen LogP contribution in [0.2, 0.25) is 0 Å². The van der Waals surface area contributed by atoms with E-state index in [0.29, 0.717) is 26.4 Å². The summed E-state index contributed by atoms with van der Waals surface area (Å²) in [6.07, 6.45) is 0.948. The molecule has 0 radical (unpaired) electrons. The summed E-state index contributed by atoms with van der Waals surface area (Å²) in [6, 6.07) is -0.422. The van der Waals surface area contributed by atoms with Crippen LogP contribution in [0.4, 0.5) is 0 Å². The first-order valence-corrected chi connectivity index (χ1v) is 5.89. The van der Waals surface area contributed by atoms with Gasteiger partial charge in [0.15, 0.2) is 0 Å². The summed E-state index contributed by atoms with van der Waals surface area (Å²) in [7, 11) is 1.62. The van der Waals surface area contributed by atoms with Crippen LogP contribution >= 0.6 is 0 Å². The first kappa shape index (κ1) is 16.3. The maximum atomic E-state index is 11.0. The van der Waals surface area contributed by atoms with E-state index in [2.05, 4.69) is 5.32 Å². The maximum Gasteiger partial charge on any atom is 0.236 e. The lowest BCUT2D eigenvalue weighted by Crippen LogP contribution is -2.45. The lowest BCUT2D eigenvalue weighted by Gasteiger charge is -2.15. The smallest absolute Gasteiger partial charge is 0.236 e. The Morgan fingerprint density at radius 2 is 1.88 bits per heavy atom. The van der Waals surface area contributed by atoms with E-state index >= 15 is 0 Å². The predicted molar refractivity (Wildman–Crippen MR) is 64.8 cm³/mol. The van der Waals surface area contributed by atoms with E-state index in [1.807, 2.05) is 6.92 Å². The fraction of sp³-hybridized carbons (Fsp3) is 0.909. The number of ether oxygens (including phenoxy) is 3. The Labute approximate surface area is 103 Å². The minimum absolute atomic E-state index is 0.281. The Morgan fingerprint density at radius 3 is 2.47 bits per heavy atom. The number of nitrogens with one attached hydrogen (secondary N) is 1. The third-order valence-electron chi connectivity index (χ3n) is 2.07. The fourth-order valence-corrected chi connectivity index (χ4v) is 1.12. The molecule has 0 aromatic heterocycles. The molecule has 1 amide bonds. The Morgan fingerprint density at radius 1 is 1.24 bits per heavy atom. The van der Waals surface area contributed by atoms with Gasteiger partial charge in [-0.2, -0.15) is 0 Å². The van der Waals surface area contributed by atoms with Crippen molar-refractivity contribution >= 4 is 5.91 Å². The van der Waals surface area contributed by atoms with Gasteiger partial charge in [-0.25, -0.2) is 0 Å². The van der Waals surface area contributed by atoms with Crippen LogP contribution in [-0.2, 0) is 19.0 Å². The molecule has 102 valence electrons. The van der Waals surface area contributed by atoms with Crippen LogP contribution in [0.15, 0.2) is 0 Å². The highest BCUT2D eigenvalue weighted by Gasteiger charge is 2.13. The van der Waals surface area contributed by atoms with Crippen LogP contribution in [0, 0.1) is 0 Å². The fourth-order valence-electron chi connectivity index (χ4n) is 1.12. The van der Waals surface area contributed by atoms with Crippen LogP contribution in [0.1, 0.15) is 13.3 Å². The molecule has 0 aromatic rings. The normalized spacial score (nSPS) is 12.6. The Balaban J connectivity index is 3.44. The monoisotopic (exact) mass is 248 g/mol. The third kappa shape index (κ3) is 10.2. The molecule has 6 nitrogen and oxygen atoms in total. The molecule has 0 fully saturated rings. The van der Waals surface area contributed by atoms with E-state index in [9.17, 15) is 4.79 Å². The average Bonchev–Trinajstić information content (AvgIpc) is 2.31. The number of hydrogen-bond acceptors (Lipinski definition) is 5. The van der Waals surface area contributed by atoms with Gasteiger partial charge in [-0.1, -0.05) is 6.92 Å². The quantitative estimate of drug-likeness (QED) is 0.456. The van der Waals surface area contributed by atoms with Gasteiger partial charge < -0.3 is 25.3 Å². The summed E-state index contributed by atoms with van der Waals surface area (Å²) < 4.78 is 15.3. The third-order valence-corrected chi connectivity index (χ3v) is 2.07. The molecule has 1 unspecified atom stereocenters. The highest BCUT2D eigenvalue weighted by atomic mass is 16.5. The SMILES string of the molecule is CCCNC(COCCOCCOC)C(N)=O. The highest BCUT2D eigenvalue weighted by molar-refractivity contribution is 5.79. The molecule has 0 spiro atoms. The molecule has 0 rings (SSSR count). The topological polar surface area (TPSA) is 82.8 Å². The second-order valence-corrected chi connectivity index (χ2v) is 3.59. The number of amides is 1. The molecule has 17 heavy (non-hydrogen) atoms. The first-order chi connectivity index (χ1) is 8.22. The molecule has 6 heteroatoms. The summed E-state index contributed by atoms with van der Waals surface area (Å²) >= 11 is 0. The standard InChI is InChI=1S/C11H24N2O4/c1-3-4-13-10(11(12)14)9-17-8-7-16-6-5-15-2/h10,13H,3-9H2,1-2H3,(H2,12,14). The van der Waals surface area contributed by atoms with E-state index in [4.69, 9.17) is 19.9 Å². The van der Waals surface area contributed by atoms with E-state index in [1.165, 1.54) is 0 Å². The van der Waals surface area contributed by atoms with Crippen LogP contribution in [0.25, 0.3) is 0 Å². The summed E-state index contributed by atoms with van der Waals surface area (Å²) in [4.78, 5) is 11.0. The predicted octanol–water partition coefficient (Wildman–Crippen LogP) is -0.480. The van der Waals surface area contributed by atoms with Crippen molar-refractivity contribution in [1.29, 1.82) is 0 Å². The summed E-state index contributed by atoms with van der Waals surface area (Å²) in [6.45, 7) is 5.11. The van der Waals surface area contributed by atoms with E-state index in [0.717, 1.165) is 13.0 Å². The molecule has 0 saturated carbocycles. The zero-order chi connectivity index (χ0) is 12.9. The van der Waals surface area contributed by atoms with Gasteiger partial charge in [-0.05, 0) is 13.0 Å². The van der Waals surface area contributed by atoms with Crippen LogP contribution in [0.3, 0.4) is 0 Å². The number of methoxy groups -OCH3 is 1. The van der Waals surface area contributed by atoms with Gasteiger partial charge in [0.25, 0.3) is 0 Å². The van der Waals surface area contributed by atoms with E-state index in [1.54, 1.807) is 7.11 Å². The van der Waals surface area contributed by atoms with Crippen molar-refractivity contribution in [2.45, 2.75) is 19.4 Å². The summed E-state index contributed by atoms with van der Waals surface area (Å²) in [5.74, 6) is -0.390. The zero-order valence-corrected chi connectivity index (χ0v) is 10.7. The average molecular weight is 248 g/mol. The van der Waals surface area contributed by atoms with Gasteiger partial charge in [0.2, 0.25) is 5.91 Å². The van der Waals surface area contributed by atoms with E-state index in [-0.39, 0.29) is 6.61 Å². The van der Waals surface area contributed by atoms with E-state index < -0.39 is 11.9 Å². The van der Waals surface area contributed by atoms with Crippen molar-refractivity contribution < 1.29 is 19.0 Å². The highest BCUT2D eigenvalue weighted by Crippen LogP contribution is 1.87. The molecule has 0 bridgehead atoms. The Kier molecular flexibility index (Phi) is 11.3. The zero-order valence-electron chi connectivity index (χ0n) is 10.7. The molecule has 0 heterocycles. The molecule has 3 N–H and O–H groups in total. The van der Waals surface area contributed by atoms with Crippen molar-refractivity contribution in [2.75, 3.05) is 46.7 Å². The number of carbonyl (C=O) groups is 1. The van der Waals surface area contributed by atoms with Gasteiger partial charge in [0, 0.05) is 7.11 Å². The molecule has 0 aromatic carbocycles. The van der Waals surface area contributed by atoms with Crippen LogP contribution in [-0.4, -0.2) is 58.6 Å². The molecule has 1 atom stereocenters. The van der Waals surface area contributed by atoms with Gasteiger partial charge in [0.05, 0.1) is 33.0 Å².